The van der Waals surface area contributed by atoms with Crippen LogP contribution in [0.5, 0.6) is 5.75 Å². The number of fused-ring (bicyclic) bond motifs is 4. The number of nitrogens with zero attached hydrogens (tertiary/aromatic N) is 10. The number of benzene rings is 1. The van der Waals surface area contributed by atoms with E-state index >= 15 is 0 Å². The molecular formula is C41H46N14O4. The summed E-state index contributed by atoms with van der Waals surface area (Å²) in [5, 5.41) is 16.7. The van der Waals surface area contributed by atoms with Gasteiger partial charge < -0.3 is 26.1 Å². The van der Waals surface area contributed by atoms with Crippen LogP contribution in [0.1, 0.15) is 69.3 Å². The summed E-state index contributed by atoms with van der Waals surface area (Å²) in [6.45, 7) is 11.9. The fourth-order valence-corrected chi connectivity index (χ4v) is 7.50. The molecule has 0 atom stereocenters. The van der Waals surface area contributed by atoms with Crippen LogP contribution in [-0.2, 0) is 26.2 Å². The first kappa shape index (κ1) is 38.9. The van der Waals surface area contributed by atoms with Crippen LogP contribution >= 0.6 is 0 Å². The summed E-state index contributed by atoms with van der Waals surface area (Å²) in [4.78, 5) is 57.2. The second-order valence-corrected chi connectivity index (χ2v) is 14.7. The second-order valence-electron chi connectivity index (χ2n) is 14.7. The van der Waals surface area contributed by atoms with Crippen molar-refractivity contribution in [2.75, 3.05) is 25.0 Å². The number of hydrogen-bond acceptors (Lipinski definition) is 11. The number of primary amides is 2. The number of carbonyl (C=O) groups is 3. The van der Waals surface area contributed by atoms with Crippen molar-refractivity contribution >= 4 is 56.8 Å². The summed E-state index contributed by atoms with van der Waals surface area (Å²) in [6.07, 6.45) is 8.95. The van der Waals surface area contributed by atoms with Crippen molar-refractivity contribution in [1.29, 1.82) is 0 Å². The van der Waals surface area contributed by atoms with Gasteiger partial charge >= 0.3 is 0 Å². The molecule has 18 nitrogen and oxygen atoms in total. The van der Waals surface area contributed by atoms with E-state index in [1.165, 1.54) is 6.20 Å². The predicted molar refractivity (Wildman–Crippen MR) is 222 cm³/mol. The molecule has 7 aromatic rings. The molecule has 0 saturated carbocycles. The first-order valence-electron chi connectivity index (χ1n) is 19.7. The number of nitrogens with two attached hydrogens (primary N) is 2. The lowest BCUT2D eigenvalue weighted by Crippen LogP contribution is -2.41. The quantitative estimate of drug-likeness (QED) is 0.0802. The smallest absolute Gasteiger partial charge is 0.276 e. The number of aryl methyl sites for hydroxylation is 4. The molecule has 1 aromatic carbocycles. The highest BCUT2D eigenvalue weighted by molar-refractivity contribution is 6.12. The first-order chi connectivity index (χ1) is 28.5. The zero-order valence-corrected chi connectivity index (χ0v) is 33.4. The number of imidazole rings is 1. The number of carbonyl (C=O) groups excluding carboxylic acids is 3. The maximum Gasteiger partial charge on any atom is 0.276 e. The zero-order chi connectivity index (χ0) is 41.4. The summed E-state index contributed by atoms with van der Waals surface area (Å²) < 4.78 is 13.7. The lowest BCUT2D eigenvalue weighted by Gasteiger charge is -2.26. The number of amides is 3. The Morgan fingerprint density at radius 2 is 1.58 bits per heavy atom. The number of anilines is 1. The molecular weight excluding hydrogens is 753 g/mol. The number of rotatable bonds is 16. The molecule has 0 aliphatic carbocycles. The Hall–Kier alpha value is -6.95. The van der Waals surface area contributed by atoms with Crippen molar-refractivity contribution in [3.8, 4) is 17.3 Å². The molecule has 6 N–H and O–H groups in total. The number of ether oxygens (including phenoxy) is 1. The van der Waals surface area contributed by atoms with Gasteiger partial charge in [0.2, 0.25) is 17.8 Å². The van der Waals surface area contributed by atoms with Crippen molar-refractivity contribution in [2.45, 2.75) is 66.7 Å². The molecule has 3 amide bonds. The van der Waals surface area contributed by atoms with Gasteiger partial charge in [-0.3, -0.25) is 33.6 Å². The van der Waals surface area contributed by atoms with Gasteiger partial charge in [-0.1, -0.05) is 12.2 Å². The Morgan fingerprint density at radius 3 is 2.29 bits per heavy atom. The Labute approximate surface area is 338 Å². The van der Waals surface area contributed by atoms with Crippen molar-refractivity contribution in [1.82, 2.24) is 53.9 Å². The molecule has 0 spiro atoms. The average molecular weight is 799 g/mol. The summed E-state index contributed by atoms with van der Waals surface area (Å²) in [6, 6.07) is 8.68. The van der Waals surface area contributed by atoms with Gasteiger partial charge in [-0.25, -0.2) is 19.9 Å². The lowest BCUT2D eigenvalue weighted by molar-refractivity contribution is 0.0991. The van der Waals surface area contributed by atoms with Gasteiger partial charge in [-0.05, 0) is 89.9 Å². The SMILES string of the molecule is CCn1nc(C)cc1C(=O)Nc1nc2cc(C(N)=O)cnc2n1CC=CCn1c2nc(-c3cc(C)nn3CC)ncc2c2cc(C(N)=O)cc(OCCCC3CNC3)c21. The number of hydrogen-bond donors (Lipinski definition) is 4. The number of aromatic nitrogens is 10. The minimum absolute atomic E-state index is 0.192. The van der Waals surface area contributed by atoms with E-state index in [1.807, 2.05) is 55.2 Å². The summed E-state index contributed by atoms with van der Waals surface area (Å²) in [5.41, 5.74) is 16.9. The van der Waals surface area contributed by atoms with Gasteiger partial charge in [0, 0.05) is 54.9 Å². The third-order valence-electron chi connectivity index (χ3n) is 10.5. The topological polar surface area (TPSA) is 234 Å². The standard InChI is InChI=1S/C41H46N14O4/c1-5-54-31(14-23(3)50-54)37-45-22-29-28-16-26(35(42)56)18-33(59-13-9-10-25-19-44-20-25)34(28)52(38(29)48-37)11-7-8-12-53-39-30(17-27(21-46-39)36(43)57)47-41(53)49-40(58)32-15-24(4)51-55(32)6-2/h7-8,14-18,21-22,25,44H,5-6,9-13,19-20H2,1-4H3,(H2,42,56)(H2,43,57)(H,47,49,58). The van der Waals surface area contributed by atoms with Crippen LogP contribution in [0.25, 0.3) is 44.6 Å². The molecule has 7 heterocycles. The van der Waals surface area contributed by atoms with Crippen LogP contribution in [0.3, 0.4) is 0 Å². The number of allylic oxidation sites excluding steroid dienone is 2. The highest BCUT2D eigenvalue weighted by atomic mass is 16.5. The minimum Gasteiger partial charge on any atom is -0.491 e. The van der Waals surface area contributed by atoms with E-state index in [4.69, 9.17) is 26.2 Å². The molecule has 304 valence electrons. The molecule has 0 unspecified atom stereocenters. The normalized spacial score (nSPS) is 13.2. The third-order valence-corrected chi connectivity index (χ3v) is 10.5. The summed E-state index contributed by atoms with van der Waals surface area (Å²) in [5.74, 6) is 0.283. The number of pyridine rings is 1. The van der Waals surface area contributed by atoms with Gasteiger partial charge in [-0.2, -0.15) is 10.2 Å². The Bertz CT molecular complexity index is 2790. The van der Waals surface area contributed by atoms with Crippen LogP contribution in [0.2, 0.25) is 0 Å². The van der Waals surface area contributed by atoms with Gasteiger partial charge in [0.25, 0.3) is 5.91 Å². The van der Waals surface area contributed by atoms with Crippen LogP contribution in [0.4, 0.5) is 5.95 Å². The third kappa shape index (κ3) is 7.61. The van der Waals surface area contributed by atoms with Crippen molar-refractivity contribution < 1.29 is 19.1 Å². The van der Waals surface area contributed by atoms with Crippen molar-refractivity contribution in [3.63, 3.8) is 0 Å². The number of nitrogens with one attached hydrogen (secondary N) is 2. The van der Waals surface area contributed by atoms with Crippen LogP contribution in [0, 0.1) is 19.8 Å². The van der Waals surface area contributed by atoms with E-state index in [9.17, 15) is 14.4 Å². The molecule has 6 aromatic heterocycles. The maximum absolute atomic E-state index is 13.6. The van der Waals surface area contributed by atoms with Crippen LogP contribution in [-0.4, -0.2) is 86.0 Å². The Balaban J connectivity index is 1.18. The summed E-state index contributed by atoms with van der Waals surface area (Å²) >= 11 is 0. The monoisotopic (exact) mass is 798 g/mol. The van der Waals surface area contributed by atoms with Crippen molar-refractivity contribution in [2.24, 2.45) is 17.4 Å². The van der Waals surface area contributed by atoms with Crippen molar-refractivity contribution in [3.05, 3.63) is 83.1 Å². The molecule has 18 heteroatoms. The maximum atomic E-state index is 13.6. The van der Waals surface area contributed by atoms with Crippen LogP contribution in [0.15, 0.2) is 54.9 Å². The van der Waals surface area contributed by atoms with E-state index in [1.54, 1.807) is 39.7 Å². The van der Waals surface area contributed by atoms with Gasteiger partial charge in [-0.15, -0.1) is 0 Å². The fraction of sp³-hybridized carbons (Fsp3) is 0.341. The van der Waals surface area contributed by atoms with Gasteiger partial charge in [0.15, 0.2) is 11.5 Å². The molecule has 1 aliphatic heterocycles. The Morgan fingerprint density at radius 1 is 0.847 bits per heavy atom. The Kier molecular flexibility index (Phi) is 10.6. The molecule has 1 aliphatic rings. The lowest BCUT2D eigenvalue weighted by atomic mass is 9.98. The molecule has 0 bridgehead atoms. The van der Waals surface area contributed by atoms with E-state index < -0.39 is 17.7 Å². The van der Waals surface area contributed by atoms with E-state index in [2.05, 4.69) is 30.8 Å². The zero-order valence-electron chi connectivity index (χ0n) is 33.4. The molecule has 8 rings (SSSR count). The molecule has 0 radical (unpaired) electrons. The molecule has 1 saturated heterocycles. The second kappa shape index (κ2) is 16.1. The average Bonchev–Trinajstić information content (AvgIpc) is 3.96. The fourth-order valence-electron chi connectivity index (χ4n) is 7.50. The largest absolute Gasteiger partial charge is 0.491 e. The van der Waals surface area contributed by atoms with Crippen LogP contribution < -0.4 is 26.8 Å². The first-order valence-corrected chi connectivity index (χ1v) is 19.7. The van der Waals surface area contributed by atoms with E-state index in [0.29, 0.717) is 77.5 Å². The predicted octanol–water partition coefficient (Wildman–Crippen LogP) is 4.13. The van der Waals surface area contributed by atoms with E-state index in [0.717, 1.165) is 53.6 Å². The van der Waals surface area contributed by atoms with Gasteiger partial charge in [0.05, 0.1) is 29.1 Å². The van der Waals surface area contributed by atoms with Gasteiger partial charge in [0.1, 0.15) is 28.3 Å². The highest BCUT2D eigenvalue weighted by Crippen LogP contribution is 2.37. The minimum atomic E-state index is -0.642. The van der Waals surface area contributed by atoms with E-state index in [-0.39, 0.29) is 18.1 Å². The molecule has 1 fully saturated rings. The highest BCUT2D eigenvalue weighted by Gasteiger charge is 2.23. The molecule has 59 heavy (non-hydrogen) atoms. The summed E-state index contributed by atoms with van der Waals surface area (Å²) in [7, 11) is 0.